The van der Waals surface area contributed by atoms with Crippen LogP contribution in [0.2, 0.25) is 0 Å². The maximum atomic E-state index is 12.8. The number of amides is 2. The van der Waals surface area contributed by atoms with Gasteiger partial charge in [0.25, 0.3) is 11.8 Å². The number of nitrogens with one attached hydrogen (secondary N) is 2. The zero-order chi connectivity index (χ0) is 17.0. The highest BCUT2D eigenvalue weighted by Gasteiger charge is 2.20. The number of carbonyl (C=O) groups excluding carboxylic acids is 2. The van der Waals surface area contributed by atoms with Crippen molar-refractivity contribution in [3.8, 4) is 5.75 Å². The molecule has 0 saturated carbocycles. The predicted molar refractivity (Wildman–Crippen MR) is 78.1 cm³/mol. The van der Waals surface area contributed by atoms with Gasteiger partial charge in [0.15, 0.2) is 6.10 Å². The van der Waals surface area contributed by atoms with Crippen molar-refractivity contribution in [2.24, 2.45) is 0 Å². The Morgan fingerprint density at radius 3 is 2.43 bits per heavy atom. The molecule has 2 rings (SSSR count). The average molecular weight is 321 g/mol. The number of hydrogen-bond acceptors (Lipinski definition) is 5. The van der Waals surface area contributed by atoms with Gasteiger partial charge < -0.3 is 9.26 Å². The molecular weight excluding hydrogens is 305 g/mol. The number of hydrogen-bond donors (Lipinski definition) is 2. The first-order valence-electron chi connectivity index (χ1n) is 6.83. The van der Waals surface area contributed by atoms with Crippen molar-refractivity contribution in [1.29, 1.82) is 0 Å². The third kappa shape index (κ3) is 4.06. The molecule has 0 radical (unpaired) electrons. The van der Waals surface area contributed by atoms with E-state index in [4.69, 9.17) is 9.26 Å². The van der Waals surface area contributed by atoms with Crippen LogP contribution in [0.3, 0.4) is 0 Å². The van der Waals surface area contributed by atoms with Gasteiger partial charge in [0.2, 0.25) is 0 Å². The lowest BCUT2D eigenvalue weighted by Crippen LogP contribution is -2.47. The van der Waals surface area contributed by atoms with Crippen LogP contribution in [0.4, 0.5) is 4.39 Å². The van der Waals surface area contributed by atoms with Crippen LogP contribution in [-0.2, 0) is 4.79 Å². The second-order valence-electron chi connectivity index (χ2n) is 4.86. The van der Waals surface area contributed by atoms with Crippen LogP contribution >= 0.6 is 0 Å². The largest absolute Gasteiger partial charge is 0.481 e. The Kier molecular flexibility index (Phi) is 4.95. The number of nitrogens with zero attached hydrogens (tertiary/aromatic N) is 1. The van der Waals surface area contributed by atoms with Gasteiger partial charge in [-0.15, -0.1) is 0 Å². The number of carbonyl (C=O) groups is 2. The normalized spacial score (nSPS) is 11.7. The van der Waals surface area contributed by atoms with E-state index in [-0.39, 0.29) is 5.56 Å². The highest BCUT2D eigenvalue weighted by atomic mass is 19.1. The molecule has 0 saturated heterocycles. The summed E-state index contributed by atoms with van der Waals surface area (Å²) in [6, 6.07) is 5.25. The quantitative estimate of drug-likeness (QED) is 0.835. The van der Waals surface area contributed by atoms with Gasteiger partial charge in [-0.25, -0.2) is 4.39 Å². The first-order valence-corrected chi connectivity index (χ1v) is 6.83. The molecule has 1 aromatic heterocycles. The number of rotatable bonds is 4. The molecule has 2 N–H and O–H groups in total. The Morgan fingerprint density at radius 2 is 1.87 bits per heavy atom. The SMILES string of the molecule is Cc1noc(C)c1C(=O)NNC(=O)[C@@H](C)Oc1ccc(F)cc1. The van der Waals surface area contributed by atoms with Crippen LogP contribution in [0.5, 0.6) is 5.75 Å². The molecule has 2 aromatic rings. The Morgan fingerprint density at radius 1 is 1.22 bits per heavy atom. The number of aromatic nitrogens is 1. The van der Waals surface area contributed by atoms with E-state index in [9.17, 15) is 14.0 Å². The fourth-order valence-electron chi connectivity index (χ4n) is 1.86. The molecule has 0 spiro atoms. The van der Waals surface area contributed by atoms with Gasteiger partial charge in [0.1, 0.15) is 22.9 Å². The first kappa shape index (κ1) is 16.5. The maximum absolute atomic E-state index is 12.8. The number of hydrazine groups is 1. The summed E-state index contributed by atoms with van der Waals surface area (Å²) in [5, 5.41) is 3.66. The van der Waals surface area contributed by atoms with Crippen LogP contribution in [-0.4, -0.2) is 23.1 Å². The summed E-state index contributed by atoms with van der Waals surface area (Å²) in [5.74, 6) is -0.810. The second kappa shape index (κ2) is 6.91. The summed E-state index contributed by atoms with van der Waals surface area (Å²) in [6.07, 6.45) is -0.884. The molecule has 1 aromatic carbocycles. The van der Waals surface area contributed by atoms with Gasteiger partial charge in [-0.05, 0) is 45.0 Å². The predicted octanol–water partition coefficient (Wildman–Crippen LogP) is 1.66. The lowest BCUT2D eigenvalue weighted by molar-refractivity contribution is -0.128. The summed E-state index contributed by atoms with van der Waals surface area (Å²) in [6.45, 7) is 4.71. The summed E-state index contributed by atoms with van der Waals surface area (Å²) < 4.78 is 23.0. The molecule has 0 aliphatic carbocycles. The minimum absolute atomic E-state index is 0.261. The summed E-state index contributed by atoms with van der Waals surface area (Å²) in [7, 11) is 0. The second-order valence-corrected chi connectivity index (χ2v) is 4.86. The lowest BCUT2D eigenvalue weighted by atomic mass is 10.2. The van der Waals surface area contributed by atoms with E-state index in [2.05, 4.69) is 16.0 Å². The molecule has 2 amide bonds. The summed E-state index contributed by atoms with van der Waals surface area (Å²) in [4.78, 5) is 23.9. The van der Waals surface area contributed by atoms with E-state index in [1.54, 1.807) is 13.8 Å². The standard InChI is InChI=1S/C15H16FN3O4/c1-8-13(9(2)23-19-8)15(21)18-17-14(20)10(3)22-12-6-4-11(16)5-7-12/h4-7,10H,1-3H3,(H,17,20)(H,18,21)/t10-/m1/s1. The molecule has 122 valence electrons. The zero-order valence-corrected chi connectivity index (χ0v) is 12.8. The van der Waals surface area contributed by atoms with E-state index in [1.807, 2.05) is 0 Å². The van der Waals surface area contributed by atoms with Crippen LogP contribution in [0, 0.1) is 19.7 Å². The van der Waals surface area contributed by atoms with Crippen molar-refractivity contribution in [3.05, 3.63) is 47.1 Å². The topological polar surface area (TPSA) is 93.5 Å². The van der Waals surface area contributed by atoms with Crippen molar-refractivity contribution in [3.63, 3.8) is 0 Å². The molecule has 8 heteroatoms. The molecular formula is C15H16FN3O4. The van der Waals surface area contributed by atoms with Gasteiger partial charge >= 0.3 is 0 Å². The van der Waals surface area contributed by atoms with Gasteiger partial charge in [-0.3, -0.25) is 20.4 Å². The van der Waals surface area contributed by atoms with Crippen molar-refractivity contribution < 1.29 is 23.2 Å². The van der Waals surface area contributed by atoms with E-state index >= 15 is 0 Å². The number of benzene rings is 1. The lowest BCUT2D eigenvalue weighted by Gasteiger charge is -2.15. The van der Waals surface area contributed by atoms with Crippen molar-refractivity contribution in [1.82, 2.24) is 16.0 Å². The molecule has 23 heavy (non-hydrogen) atoms. The molecule has 0 bridgehead atoms. The molecule has 7 nitrogen and oxygen atoms in total. The highest BCUT2D eigenvalue weighted by molar-refractivity contribution is 5.97. The van der Waals surface area contributed by atoms with Gasteiger partial charge in [-0.1, -0.05) is 5.16 Å². The Hall–Kier alpha value is -2.90. The average Bonchev–Trinajstić information content (AvgIpc) is 2.85. The monoisotopic (exact) mass is 321 g/mol. The third-order valence-corrected chi connectivity index (χ3v) is 3.06. The van der Waals surface area contributed by atoms with Crippen LogP contribution in [0.1, 0.15) is 28.7 Å². The van der Waals surface area contributed by atoms with Crippen molar-refractivity contribution in [2.75, 3.05) is 0 Å². The molecule has 1 heterocycles. The first-order chi connectivity index (χ1) is 10.9. The number of aryl methyl sites for hydroxylation is 2. The van der Waals surface area contributed by atoms with E-state index < -0.39 is 23.7 Å². The van der Waals surface area contributed by atoms with E-state index in [0.29, 0.717) is 17.2 Å². The number of ether oxygens (including phenoxy) is 1. The van der Waals surface area contributed by atoms with Gasteiger partial charge in [-0.2, -0.15) is 0 Å². The highest BCUT2D eigenvalue weighted by Crippen LogP contribution is 2.13. The maximum Gasteiger partial charge on any atom is 0.279 e. The van der Waals surface area contributed by atoms with Gasteiger partial charge in [0.05, 0.1) is 5.69 Å². The minimum atomic E-state index is -0.884. The number of halogens is 1. The van der Waals surface area contributed by atoms with Crippen molar-refractivity contribution >= 4 is 11.8 Å². The van der Waals surface area contributed by atoms with Crippen LogP contribution in [0.25, 0.3) is 0 Å². The Labute approximate surface area is 131 Å². The molecule has 0 aliphatic rings. The molecule has 0 unspecified atom stereocenters. The smallest absolute Gasteiger partial charge is 0.279 e. The summed E-state index contributed by atoms with van der Waals surface area (Å²) in [5.41, 5.74) is 5.20. The molecule has 0 aliphatic heterocycles. The fraction of sp³-hybridized carbons (Fsp3) is 0.267. The van der Waals surface area contributed by atoms with Crippen molar-refractivity contribution in [2.45, 2.75) is 26.9 Å². The Balaban J connectivity index is 1.89. The van der Waals surface area contributed by atoms with E-state index in [1.165, 1.54) is 31.2 Å². The minimum Gasteiger partial charge on any atom is -0.481 e. The fourth-order valence-corrected chi connectivity index (χ4v) is 1.86. The summed E-state index contributed by atoms with van der Waals surface area (Å²) >= 11 is 0. The van der Waals surface area contributed by atoms with Crippen LogP contribution in [0.15, 0.2) is 28.8 Å². The van der Waals surface area contributed by atoms with Crippen LogP contribution < -0.4 is 15.6 Å². The molecule has 1 atom stereocenters. The molecule has 0 fully saturated rings. The zero-order valence-electron chi connectivity index (χ0n) is 12.8. The Bertz CT molecular complexity index is 693. The third-order valence-electron chi connectivity index (χ3n) is 3.06. The van der Waals surface area contributed by atoms with E-state index in [0.717, 1.165) is 0 Å². The van der Waals surface area contributed by atoms with Gasteiger partial charge in [0, 0.05) is 0 Å².